The number of nitrogens with zero attached hydrogens (tertiary/aromatic N) is 1. The van der Waals surface area contributed by atoms with Crippen LogP contribution in [0.25, 0.3) is 0 Å². The Labute approximate surface area is 109 Å². The highest BCUT2D eigenvalue weighted by Gasteiger charge is 2.21. The zero-order chi connectivity index (χ0) is 13.6. The summed E-state index contributed by atoms with van der Waals surface area (Å²) in [7, 11) is -1.75. The molecule has 1 atom stereocenters. The van der Waals surface area contributed by atoms with Gasteiger partial charge in [-0.3, -0.25) is 9.08 Å². The molecular formula is C13H19NO3S. The highest BCUT2D eigenvalue weighted by atomic mass is 32.2. The van der Waals surface area contributed by atoms with E-state index in [1.807, 2.05) is 6.08 Å². The van der Waals surface area contributed by atoms with Gasteiger partial charge in [-0.25, -0.2) is 0 Å². The Morgan fingerprint density at radius 3 is 2.78 bits per heavy atom. The van der Waals surface area contributed by atoms with E-state index in [1.165, 1.54) is 0 Å². The van der Waals surface area contributed by atoms with Gasteiger partial charge in [0.15, 0.2) is 0 Å². The van der Waals surface area contributed by atoms with Gasteiger partial charge in [-0.15, -0.1) is 6.42 Å². The lowest BCUT2D eigenvalue weighted by Gasteiger charge is -2.26. The van der Waals surface area contributed by atoms with Crippen LogP contribution in [-0.4, -0.2) is 39.4 Å². The molecule has 1 aliphatic rings. The van der Waals surface area contributed by atoms with E-state index in [0.29, 0.717) is 13.0 Å². The summed E-state index contributed by atoms with van der Waals surface area (Å²) < 4.78 is 27.6. The van der Waals surface area contributed by atoms with Gasteiger partial charge < -0.3 is 0 Å². The molecule has 0 spiro atoms. The maximum atomic E-state index is 11.3. The topological polar surface area (TPSA) is 46.6 Å². The number of allylic oxidation sites excluding steroid dienone is 3. The maximum absolute atomic E-state index is 11.3. The van der Waals surface area contributed by atoms with Crippen molar-refractivity contribution in [2.24, 2.45) is 0 Å². The fourth-order valence-electron chi connectivity index (χ4n) is 1.73. The quantitative estimate of drug-likeness (QED) is 0.417. The van der Waals surface area contributed by atoms with E-state index >= 15 is 0 Å². The minimum absolute atomic E-state index is 0.344. The van der Waals surface area contributed by atoms with Crippen LogP contribution in [0.15, 0.2) is 23.8 Å². The van der Waals surface area contributed by atoms with Crippen molar-refractivity contribution in [3.8, 4) is 12.3 Å². The van der Waals surface area contributed by atoms with E-state index in [2.05, 4.69) is 18.1 Å². The van der Waals surface area contributed by atoms with Crippen LogP contribution in [0.1, 0.15) is 19.3 Å². The number of rotatable bonds is 6. The number of hydrogen-bond donors (Lipinski definition) is 0. The molecule has 0 saturated heterocycles. The molecule has 1 unspecified atom stereocenters. The highest BCUT2D eigenvalue weighted by molar-refractivity contribution is 7.86. The van der Waals surface area contributed by atoms with E-state index < -0.39 is 16.3 Å². The van der Waals surface area contributed by atoms with Crippen molar-refractivity contribution < 1.29 is 12.6 Å². The standard InChI is InChI=1S/C13H19NO3S/c1-4-10-14(2)13(17-18(3,15)16)11-12-8-6-5-7-9-12/h1,6,8-9,13H,5,7,10-11H2,2-3H3. The molecule has 0 aromatic carbocycles. The molecule has 0 heterocycles. The van der Waals surface area contributed by atoms with Crippen LogP contribution in [0, 0.1) is 12.3 Å². The number of hydrogen-bond acceptors (Lipinski definition) is 4. The molecule has 1 rings (SSSR count). The minimum atomic E-state index is -3.50. The van der Waals surface area contributed by atoms with Crippen molar-refractivity contribution in [3.05, 3.63) is 23.8 Å². The van der Waals surface area contributed by atoms with Gasteiger partial charge in [0.25, 0.3) is 10.1 Å². The first-order chi connectivity index (χ1) is 8.42. The summed E-state index contributed by atoms with van der Waals surface area (Å²) in [4.78, 5) is 1.71. The Kier molecular flexibility index (Phi) is 5.60. The fraction of sp³-hybridized carbons (Fsp3) is 0.538. The van der Waals surface area contributed by atoms with E-state index in [-0.39, 0.29) is 0 Å². The Hall–Kier alpha value is -1.09. The molecule has 1 aliphatic carbocycles. The first-order valence-electron chi connectivity index (χ1n) is 5.80. The molecule has 0 bridgehead atoms. The summed E-state index contributed by atoms with van der Waals surface area (Å²) in [5.74, 6) is 2.48. The minimum Gasteiger partial charge on any atom is -0.269 e. The Bertz CT molecular complexity index is 471. The first-order valence-corrected chi connectivity index (χ1v) is 7.61. The van der Waals surface area contributed by atoms with E-state index in [1.54, 1.807) is 11.9 Å². The van der Waals surface area contributed by atoms with Gasteiger partial charge in [0.05, 0.1) is 12.8 Å². The molecule has 5 heteroatoms. The first kappa shape index (κ1) is 15.0. The van der Waals surface area contributed by atoms with Crippen molar-refractivity contribution in [2.75, 3.05) is 19.8 Å². The predicted molar refractivity (Wildman–Crippen MR) is 72.3 cm³/mol. The maximum Gasteiger partial charge on any atom is 0.265 e. The molecule has 0 radical (unpaired) electrons. The zero-order valence-corrected chi connectivity index (χ0v) is 11.6. The lowest BCUT2D eigenvalue weighted by atomic mass is 10.0. The van der Waals surface area contributed by atoms with E-state index in [0.717, 1.165) is 24.7 Å². The van der Waals surface area contributed by atoms with Crippen molar-refractivity contribution in [1.82, 2.24) is 4.90 Å². The van der Waals surface area contributed by atoms with Gasteiger partial charge in [0.1, 0.15) is 6.23 Å². The molecule has 18 heavy (non-hydrogen) atoms. The van der Waals surface area contributed by atoms with Crippen molar-refractivity contribution >= 4 is 10.1 Å². The largest absolute Gasteiger partial charge is 0.269 e. The molecule has 0 aliphatic heterocycles. The molecule has 0 amide bonds. The SMILES string of the molecule is C#CCN(C)C(CC1=CCCC=C1)OS(C)(=O)=O. The molecule has 0 saturated carbocycles. The summed E-state index contributed by atoms with van der Waals surface area (Å²) in [5, 5.41) is 0. The number of terminal acetylenes is 1. The summed E-state index contributed by atoms with van der Waals surface area (Å²) in [6, 6.07) is 0. The second-order valence-electron chi connectivity index (χ2n) is 4.34. The molecular weight excluding hydrogens is 250 g/mol. The molecule has 0 fully saturated rings. The second-order valence-corrected chi connectivity index (χ2v) is 5.94. The van der Waals surface area contributed by atoms with E-state index in [4.69, 9.17) is 10.6 Å². The lowest BCUT2D eigenvalue weighted by molar-refractivity contribution is 0.0631. The normalized spacial score (nSPS) is 17.3. The van der Waals surface area contributed by atoms with Gasteiger partial charge in [-0.2, -0.15) is 8.42 Å². The fourth-order valence-corrected chi connectivity index (χ4v) is 2.35. The summed E-state index contributed by atoms with van der Waals surface area (Å²) in [6.45, 7) is 0.344. The second kappa shape index (κ2) is 6.74. The van der Waals surface area contributed by atoms with Gasteiger partial charge in [-0.05, 0) is 25.5 Å². The Morgan fingerprint density at radius 1 is 1.56 bits per heavy atom. The molecule has 0 N–H and O–H groups in total. The van der Waals surface area contributed by atoms with Gasteiger partial charge in [0.2, 0.25) is 0 Å². The van der Waals surface area contributed by atoms with Gasteiger partial charge in [-0.1, -0.05) is 24.1 Å². The van der Waals surface area contributed by atoms with Gasteiger partial charge >= 0.3 is 0 Å². The Morgan fingerprint density at radius 2 is 2.28 bits per heavy atom. The van der Waals surface area contributed by atoms with Crippen molar-refractivity contribution in [3.63, 3.8) is 0 Å². The molecule has 100 valence electrons. The van der Waals surface area contributed by atoms with Crippen molar-refractivity contribution in [1.29, 1.82) is 0 Å². The highest BCUT2D eigenvalue weighted by Crippen LogP contribution is 2.19. The van der Waals surface area contributed by atoms with Crippen LogP contribution >= 0.6 is 0 Å². The third-order valence-electron chi connectivity index (χ3n) is 2.60. The van der Waals surface area contributed by atoms with Crippen LogP contribution in [-0.2, 0) is 14.3 Å². The summed E-state index contributed by atoms with van der Waals surface area (Å²) >= 11 is 0. The third-order valence-corrected chi connectivity index (χ3v) is 3.17. The molecule has 0 aromatic rings. The van der Waals surface area contributed by atoms with Crippen molar-refractivity contribution in [2.45, 2.75) is 25.5 Å². The lowest BCUT2D eigenvalue weighted by Crippen LogP contribution is -2.36. The van der Waals surface area contributed by atoms with Crippen LogP contribution in [0.3, 0.4) is 0 Å². The van der Waals surface area contributed by atoms with E-state index in [9.17, 15) is 8.42 Å². The molecule has 0 aromatic heterocycles. The summed E-state index contributed by atoms with van der Waals surface area (Å²) in [5.41, 5.74) is 1.08. The average molecular weight is 269 g/mol. The van der Waals surface area contributed by atoms with Crippen LogP contribution < -0.4 is 0 Å². The zero-order valence-electron chi connectivity index (χ0n) is 10.8. The molecule has 4 nitrogen and oxygen atoms in total. The summed E-state index contributed by atoms with van der Waals surface area (Å²) in [6.07, 6.45) is 14.4. The smallest absolute Gasteiger partial charge is 0.265 e. The average Bonchev–Trinajstić information content (AvgIpc) is 2.28. The predicted octanol–water partition coefficient (Wildman–Crippen LogP) is 1.52. The monoisotopic (exact) mass is 269 g/mol. The van der Waals surface area contributed by atoms with Gasteiger partial charge in [0, 0.05) is 6.42 Å². The van der Waals surface area contributed by atoms with Crippen LogP contribution in [0.4, 0.5) is 0 Å². The van der Waals surface area contributed by atoms with Crippen LogP contribution in [0.2, 0.25) is 0 Å². The van der Waals surface area contributed by atoms with Crippen LogP contribution in [0.5, 0.6) is 0 Å². The Balaban J connectivity index is 2.74. The third kappa shape index (κ3) is 5.50.